The number of fused-ring (bicyclic) bond motifs is 1. The van der Waals surface area contributed by atoms with E-state index in [1.54, 1.807) is 12.1 Å². The normalized spacial score (nSPS) is 12.7. The molecule has 0 aromatic heterocycles. The molecule has 0 fully saturated rings. The Morgan fingerprint density at radius 1 is 1.46 bits per heavy atom. The first kappa shape index (κ1) is 8.32. The van der Waals surface area contributed by atoms with Crippen LogP contribution >= 0.6 is 9.47 Å². The summed E-state index contributed by atoms with van der Waals surface area (Å²) in [7, 11) is 2.08. The monoisotopic (exact) mass is 198 g/mol. The van der Waals surface area contributed by atoms with Crippen molar-refractivity contribution in [3.05, 3.63) is 17.7 Å². The summed E-state index contributed by atoms with van der Waals surface area (Å²) in [6.45, 7) is 0.165. The Balaban J connectivity index is 2.59. The molecule has 0 saturated heterocycles. The highest BCUT2D eigenvalue weighted by atomic mass is 31.0. The third-order valence-corrected chi connectivity index (χ3v) is 2.00. The predicted molar refractivity (Wildman–Crippen MR) is 48.3 cm³/mol. The molecule has 1 aromatic rings. The second-order valence-corrected chi connectivity index (χ2v) is 2.69. The van der Waals surface area contributed by atoms with Crippen LogP contribution in [0.2, 0.25) is 0 Å². The largest absolute Gasteiger partial charge is 0.476 e. The van der Waals surface area contributed by atoms with Crippen LogP contribution in [0.4, 0.5) is 0 Å². The molecule has 13 heavy (non-hydrogen) atoms. The molecule has 0 spiro atoms. The van der Waals surface area contributed by atoms with Gasteiger partial charge in [-0.15, -0.1) is 0 Å². The third kappa shape index (κ3) is 1.23. The van der Waals surface area contributed by atoms with Crippen molar-refractivity contribution in [2.24, 2.45) is 0 Å². The maximum absolute atomic E-state index is 10.6. The molecule has 1 aromatic carbocycles. The lowest BCUT2D eigenvalue weighted by Gasteiger charge is -2.05. The number of hydrogen-bond acceptors (Lipinski definition) is 4. The van der Waals surface area contributed by atoms with Crippen molar-refractivity contribution in [2.45, 2.75) is 0 Å². The van der Waals surface area contributed by atoms with Gasteiger partial charge in [-0.25, -0.2) is 0 Å². The van der Waals surface area contributed by atoms with Crippen molar-refractivity contribution in [2.75, 3.05) is 6.79 Å². The zero-order valence-electron chi connectivity index (χ0n) is 6.65. The summed E-state index contributed by atoms with van der Waals surface area (Å²) in [5.74, 6) is 1.48. The molecular formula is C8H7O4P. The average molecular weight is 198 g/mol. The highest BCUT2D eigenvalue weighted by Gasteiger charge is 2.21. The molecule has 0 saturated carbocycles. The molecule has 1 aliphatic rings. The fourth-order valence-electron chi connectivity index (χ4n) is 1.18. The molecule has 0 bridgehead atoms. The fourth-order valence-corrected chi connectivity index (χ4v) is 1.42. The molecule has 1 atom stereocenters. The Labute approximate surface area is 77.1 Å². The highest BCUT2D eigenvalue weighted by Crippen LogP contribution is 2.43. The number of hydrogen-bond donors (Lipinski definition) is 0. The minimum atomic E-state index is 0.165. The van der Waals surface area contributed by atoms with E-state index in [0.29, 0.717) is 29.1 Å². The number of rotatable bonds is 2. The summed E-state index contributed by atoms with van der Waals surface area (Å²) >= 11 is 0. The van der Waals surface area contributed by atoms with Gasteiger partial charge < -0.3 is 14.0 Å². The van der Waals surface area contributed by atoms with Gasteiger partial charge in [-0.05, 0) is 12.1 Å². The van der Waals surface area contributed by atoms with Crippen LogP contribution in [0.3, 0.4) is 0 Å². The van der Waals surface area contributed by atoms with E-state index >= 15 is 0 Å². The van der Waals surface area contributed by atoms with Gasteiger partial charge >= 0.3 is 0 Å². The Morgan fingerprint density at radius 2 is 2.31 bits per heavy atom. The standard InChI is InChI=1S/C8H7O4P/c9-3-5-1-2-6-8(7(5)12-13)11-4-10-6/h1-3H,4,13H2. The number of aldehydes is 1. The van der Waals surface area contributed by atoms with Crippen molar-refractivity contribution < 1.29 is 18.8 Å². The van der Waals surface area contributed by atoms with Gasteiger partial charge in [0.2, 0.25) is 12.5 Å². The van der Waals surface area contributed by atoms with Gasteiger partial charge in [-0.2, -0.15) is 0 Å². The SMILES string of the molecule is O=Cc1ccc2c(c1OP)OCO2. The first-order chi connectivity index (χ1) is 6.36. The minimum Gasteiger partial charge on any atom is -0.476 e. The van der Waals surface area contributed by atoms with E-state index in [9.17, 15) is 4.79 Å². The van der Waals surface area contributed by atoms with Crippen molar-refractivity contribution in [1.82, 2.24) is 0 Å². The fraction of sp³-hybridized carbons (Fsp3) is 0.125. The maximum Gasteiger partial charge on any atom is 0.231 e. The van der Waals surface area contributed by atoms with Gasteiger partial charge in [-0.1, -0.05) is 0 Å². The lowest BCUT2D eigenvalue weighted by Crippen LogP contribution is -1.93. The second-order valence-electron chi connectivity index (χ2n) is 2.45. The second kappa shape index (κ2) is 3.23. The van der Waals surface area contributed by atoms with Crippen LogP contribution in [-0.4, -0.2) is 13.1 Å². The topological polar surface area (TPSA) is 44.8 Å². The van der Waals surface area contributed by atoms with Crippen molar-refractivity contribution in [3.8, 4) is 17.2 Å². The summed E-state index contributed by atoms with van der Waals surface area (Å²) in [5.41, 5.74) is 0.444. The minimum absolute atomic E-state index is 0.165. The zero-order chi connectivity index (χ0) is 9.26. The predicted octanol–water partition coefficient (Wildman–Crippen LogP) is 1.40. The van der Waals surface area contributed by atoms with E-state index in [0.717, 1.165) is 0 Å². The summed E-state index contributed by atoms with van der Waals surface area (Å²) in [5, 5.41) is 0. The van der Waals surface area contributed by atoms with E-state index in [1.807, 2.05) is 0 Å². The van der Waals surface area contributed by atoms with Crippen molar-refractivity contribution in [1.29, 1.82) is 0 Å². The summed E-state index contributed by atoms with van der Waals surface area (Å²) < 4.78 is 15.2. The summed E-state index contributed by atoms with van der Waals surface area (Å²) in [6, 6.07) is 3.30. The molecule has 0 amide bonds. The van der Waals surface area contributed by atoms with E-state index in [1.165, 1.54) is 0 Å². The van der Waals surface area contributed by atoms with Gasteiger partial charge in [0.15, 0.2) is 17.8 Å². The first-order valence-corrected chi connectivity index (χ1v) is 4.08. The van der Waals surface area contributed by atoms with Crippen LogP contribution in [-0.2, 0) is 0 Å². The maximum atomic E-state index is 10.6. The van der Waals surface area contributed by atoms with Crippen LogP contribution in [0.1, 0.15) is 10.4 Å². The zero-order valence-corrected chi connectivity index (χ0v) is 7.80. The van der Waals surface area contributed by atoms with Crippen LogP contribution in [0.25, 0.3) is 0 Å². The molecule has 0 N–H and O–H groups in total. The van der Waals surface area contributed by atoms with Crippen molar-refractivity contribution in [3.63, 3.8) is 0 Å². The first-order valence-electron chi connectivity index (χ1n) is 3.61. The Kier molecular flexibility index (Phi) is 2.07. The van der Waals surface area contributed by atoms with E-state index in [-0.39, 0.29) is 6.79 Å². The van der Waals surface area contributed by atoms with Crippen LogP contribution < -0.4 is 14.0 Å². The van der Waals surface area contributed by atoms with Gasteiger partial charge in [0.1, 0.15) is 0 Å². The van der Waals surface area contributed by atoms with Gasteiger partial charge in [0, 0.05) is 0 Å². The smallest absolute Gasteiger partial charge is 0.231 e. The molecule has 0 radical (unpaired) electrons. The molecule has 1 unspecified atom stereocenters. The number of carbonyl (C=O) groups excluding carboxylic acids is 1. The van der Waals surface area contributed by atoms with E-state index < -0.39 is 0 Å². The lowest BCUT2D eigenvalue weighted by atomic mass is 10.2. The van der Waals surface area contributed by atoms with Crippen LogP contribution in [0.15, 0.2) is 12.1 Å². The number of benzene rings is 1. The number of carbonyl (C=O) groups is 1. The molecule has 4 nitrogen and oxygen atoms in total. The molecule has 1 aliphatic heterocycles. The van der Waals surface area contributed by atoms with Gasteiger partial charge in [0.25, 0.3) is 0 Å². The highest BCUT2D eigenvalue weighted by molar-refractivity contribution is 7.10. The molecule has 1 heterocycles. The van der Waals surface area contributed by atoms with Crippen LogP contribution in [0, 0.1) is 0 Å². The molecular weight excluding hydrogens is 191 g/mol. The molecule has 2 rings (SSSR count). The van der Waals surface area contributed by atoms with E-state index in [4.69, 9.17) is 14.0 Å². The van der Waals surface area contributed by atoms with E-state index in [2.05, 4.69) is 9.47 Å². The Bertz CT molecular complexity index is 350. The molecule has 68 valence electrons. The summed E-state index contributed by atoms with van der Waals surface area (Å²) in [6.07, 6.45) is 0.710. The Hall–Kier alpha value is -1.28. The quantitative estimate of drug-likeness (QED) is 0.532. The van der Waals surface area contributed by atoms with Crippen molar-refractivity contribution >= 4 is 15.8 Å². The van der Waals surface area contributed by atoms with Gasteiger partial charge in [0.05, 0.1) is 15.0 Å². The van der Waals surface area contributed by atoms with Crippen LogP contribution in [0.5, 0.6) is 17.2 Å². The Morgan fingerprint density at radius 3 is 3.00 bits per heavy atom. The molecule has 0 aliphatic carbocycles. The number of ether oxygens (including phenoxy) is 2. The lowest BCUT2D eigenvalue weighted by molar-refractivity contribution is 0.112. The average Bonchev–Trinajstić information content (AvgIpc) is 2.63. The van der Waals surface area contributed by atoms with Gasteiger partial charge in [-0.3, -0.25) is 4.79 Å². The summed E-state index contributed by atoms with van der Waals surface area (Å²) in [4.78, 5) is 10.6. The third-order valence-electron chi connectivity index (χ3n) is 1.77. The molecule has 5 heteroatoms.